The Hall–Kier alpha value is -1.91. The van der Waals surface area contributed by atoms with Gasteiger partial charge in [0.25, 0.3) is 0 Å². The SMILES string of the molecule is NNC(COc1ccccc1)c1ccc(F)cc1. The molecule has 3 nitrogen and oxygen atoms in total. The van der Waals surface area contributed by atoms with Crippen molar-refractivity contribution in [2.24, 2.45) is 5.84 Å². The molecule has 0 heterocycles. The van der Waals surface area contributed by atoms with E-state index in [9.17, 15) is 4.39 Å². The first-order valence-electron chi connectivity index (χ1n) is 5.69. The van der Waals surface area contributed by atoms with Crippen molar-refractivity contribution >= 4 is 0 Å². The summed E-state index contributed by atoms with van der Waals surface area (Å²) in [4.78, 5) is 0. The summed E-state index contributed by atoms with van der Waals surface area (Å²) in [6, 6.07) is 15.5. The highest BCUT2D eigenvalue weighted by atomic mass is 19.1. The number of benzene rings is 2. The Morgan fingerprint density at radius 2 is 1.72 bits per heavy atom. The lowest BCUT2D eigenvalue weighted by atomic mass is 10.1. The van der Waals surface area contributed by atoms with E-state index in [1.165, 1.54) is 12.1 Å². The number of rotatable bonds is 5. The van der Waals surface area contributed by atoms with Crippen molar-refractivity contribution in [3.05, 3.63) is 66.0 Å². The predicted octanol–water partition coefficient (Wildman–Crippen LogP) is 2.41. The zero-order valence-electron chi connectivity index (χ0n) is 9.84. The van der Waals surface area contributed by atoms with Crippen molar-refractivity contribution in [1.82, 2.24) is 5.43 Å². The molecule has 4 heteroatoms. The van der Waals surface area contributed by atoms with E-state index in [0.29, 0.717) is 6.61 Å². The summed E-state index contributed by atoms with van der Waals surface area (Å²) in [5.74, 6) is 6.00. The Labute approximate surface area is 105 Å². The Bertz CT molecular complexity index is 473. The Balaban J connectivity index is 1.99. The molecule has 1 unspecified atom stereocenters. The van der Waals surface area contributed by atoms with Crippen LogP contribution in [0.25, 0.3) is 0 Å². The summed E-state index contributed by atoms with van der Waals surface area (Å²) >= 11 is 0. The van der Waals surface area contributed by atoms with Gasteiger partial charge in [0.05, 0.1) is 6.04 Å². The average Bonchev–Trinajstić information content (AvgIpc) is 2.42. The topological polar surface area (TPSA) is 47.3 Å². The molecule has 0 aliphatic heterocycles. The van der Waals surface area contributed by atoms with Crippen molar-refractivity contribution in [1.29, 1.82) is 0 Å². The standard InChI is InChI=1S/C14H15FN2O/c15-12-8-6-11(7-9-12)14(17-16)10-18-13-4-2-1-3-5-13/h1-9,14,17H,10,16H2. The summed E-state index contributed by atoms with van der Waals surface area (Å²) in [5, 5.41) is 0. The lowest BCUT2D eigenvalue weighted by Gasteiger charge is -2.17. The summed E-state index contributed by atoms with van der Waals surface area (Å²) in [7, 11) is 0. The minimum Gasteiger partial charge on any atom is -0.492 e. The highest BCUT2D eigenvalue weighted by Crippen LogP contribution is 2.16. The molecule has 0 aliphatic rings. The smallest absolute Gasteiger partial charge is 0.123 e. The molecule has 0 saturated heterocycles. The van der Waals surface area contributed by atoms with Gasteiger partial charge < -0.3 is 4.74 Å². The molecule has 2 rings (SSSR count). The normalized spacial score (nSPS) is 12.1. The van der Waals surface area contributed by atoms with E-state index in [1.807, 2.05) is 30.3 Å². The first-order chi connectivity index (χ1) is 8.79. The van der Waals surface area contributed by atoms with Crippen molar-refractivity contribution < 1.29 is 9.13 Å². The van der Waals surface area contributed by atoms with E-state index in [4.69, 9.17) is 10.6 Å². The van der Waals surface area contributed by atoms with Crippen molar-refractivity contribution in [2.45, 2.75) is 6.04 Å². The number of halogens is 1. The molecule has 0 aliphatic carbocycles. The van der Waals surface area contributed by atoms with Gasteiger partial charge in [-0.1, -0.05) is 30.3 Å². The van der Waals surface area contributed by atoms with Crippen LogP contribution >= 0.6 is 0 Å². The molecule has 2 aromatic rings. The van der Waals surface area contributed by atoms with Crippen LogP contribution in [0, 0.1) is 5.82 Å². The second kappa shape index (κ2) is 6.14. The van der Waals surface area contributed by atoms with Crippen LogP contribution < -0.4 is 16.0 Å². The monoisotopic (exact) mass is 246 g/mol. The minimum atomic E-state index is -0.265. The lowest BCUT2D eigenvalue weighted by Crippen LogP contribution is -2.32. The fraction of sp³-hybridized carbons (Fsp3) is 0.143. The van der Waals surface area contributed by atoms with Crippen LogP contribution in [0.2, 0.25) is 0 Å². The average molecular weight is 246 g/mol. The van der Waals surface area contributed by atoms with E-state index in [2.05, 4.69) is 5.43 Å². The van der Waals surface area contributed by atoms with Crippen LogP contribution in [-0.4, -0.2) is 6.61 Å². The van der Waals surface area contributed by atoms with E-state index >= 15 is 0 Å². The zero-order chi connectivity index (χ0) is 12.8. The number of para-hydroxylation sites is 1. The van der Waals surface area contributed by atoms with E-state index in [1.54, 1.807) is 12.1 Å². The predicted molar refractivity (Wildman–Crippen MR) is 68.4 cm³/mol. The fourth-order valence-corrected chi connectivity index (χ4v) is 1.63. The summed E-state index contributed by atoms with van der Waals surface area (Å²) in [5.41, 5.74) is 3.54. The summed E-state index contributed by atoms with van der Waals surface area (Å²) in [6.07, 6.45) is 0. The number of hydrogen-bond acceptors (Lipinski definition) is 3. The van der Waals surface area contributed by atoms with Crippen LogP contribution in [0.5, 0.6) is 5.75 Å². The molecule has 94 valence electrons. The van der Waals surface area contributed by atoms with E-state index < -0.39 is 0 Å². The van der Waals surface area contributed by atoms with Crippen molar-refractivity contribution in [3.63, 3.8) is 0 Å². The molecular weight excluding hydrogens is 231 g/mol. The molecule has 1 atom stereocenters. The first kappa shape index (κ1) is 12.5. The second-order valence-corrected chi connectivity index (χ2v) is 3.89. The van der Waals surface area contributed by atoms with Gasteiger partial charge in [-0.2, -0.15) is 0 Å². The molecule has 0 radical (unpaired) electrons. The number of hydrazine groups is 1. The molecule has 18 heavy (non-hydrogen) atoms. The molecule has 0 saturated carbocycles. The van der Waals surface area contributed by atoms with Crippen LogP contribution in [0.3, 0.4) is 0 Å². The Morgan fingerprint density at radius 3 is 2.33 bits per heavy atom. The van der Waals surface area contributed by atoms with E-state index in [0.717, 1.165) is 11.3 Å². The zero-order valence-corrected chi connectivity index (χ0v) is 9.84. The van der Waals surface area contributed by atoms with E-state index in [-0.39, 0.29) is 11.9 Å². The molecule has 2 aromatic carbocycles. The van der Waals surface area contributed by atoms with Gasteiger partial charge in [-0.3, -0.25) is 5.84 Å². The van der Waals surface area contributed by atoms with Gasteiger partial charge in [0, 0.05) is 0 Å². The largest absolute Gasteiger partial charge is 0.492 e. The molecule has 0 spiro atoms. The van der Waals surface area contributed by atoms with Crippen molar-refractivity contribution in [3.8, 4) is 5.75 Å². The van der Waals surface area contributed by atoms with Gasteiger partial charge in [-0.05, 0) is 29.8 Å². The number of hydrogen-bond donors (Lipinski definition) is 2. The Kier molecular flexibility index (Phi) is 4.28. The third-order valence-electron chi connectivity index (χ3n) is 2.63. The maximum absolute atomic E-state index is 12.8. The lowest BCUT2D eigenvalue weighted by molar-refractivity contribution is 0.267. The molecule has 0 bridgehead atoms. The van der Waals surface area contributed by atoms with Gasteiger partial charge in [0.15, 0.2) is 0 Å². The van der Waals surface area contributed by atoms with Crippen molar-refractivity contribution in [2.75, 3.05) is 6.61 Å². The number of ether oxygens (including phenoxy) is 1. The molecule has 0 amide bonds. The molecular formula is C14H15FN2O. The number of nitrogens with one attached hydrogen (secondary N) is 1. The maximum Gasteiger partial charge on any atom is 0.123 e. The van der Waals surface area contributed by atoms with Gasteiger partial charge in [0.2, 0.25) is 0 Å². The minimum absolute atomic E-state index is 0.175. The maximum atomic E-state index is 12.8. The number of nitrogens with two attached hydrogens (primary N) is 1. The quantitative estimate of drug-likeness (QED) is 0.629. The molecule has 3 N–H and O–H groups in total. The van der Waals surface area contributed by atoms with Crippen LogP contribution in [0.4, 0.5) is 4.39 Å². The van der Waals surface area contributed by atoms with Crippen LogP contribution in [0.1, 0.15) is 11.6 Å². The molecule has 0 fully saturated rings. The summed E-state index contributed by atoms with van der Waals surface area (Å²) in [6.45, 7) is 0.381. The molecule has 0 aromatic heterocycles. The van der Waals surface area contributed by atoms with Gasteiger partial charge in [-0.25, -0.2) is 9.82 Å². The van der Waals surface area contributed by atoms with Crippen LogP contribution in [0.15, 0.2) is 54.6 Å². The third kappa shape index (κ3) is 3.29. The highest BCUT2D eigenvalue weighted by molar-refractivity contribution is 5.23. The highest BCUT2D eigenvalue weighted by Gasteiger charge is 2.10. The first-order valence-corrected chi connectivity index (χ1v) is 5.69. The second-order valence-electron chi connectivity index (χ2n) is 3.89. The third-order valence-corrected chi connectivity index (χ3v) is 2.63. The van der Waals surface area contributed by atoms with Crippen LogP contribution in [-0.2, 0) is 0 Å². The van der Waals surface area contributed by atoms with Gasteiger partial charge in [0.1, 0.15) is 18.2 Å². The summed E-state index contributed by atoms with van der Waals surface area (Å²) < 4.78 is 18.4. The fourth-order valence-electron chi connectivity index (χ4n) is 1.63. The van der Waals surface area contributed by atoms with Gasteiger partial charge >= 0.3 is 0 Å². The Morgan fingerprint density at radius 1 is 1.06 bits per heavy atom. The van der Waals surface area contributed by atoms with Gasteiger partial charge in [-0.15, -0.1) is 0 Å².